The van der Waals surface area contributed by atoms with Crippen molar-refractivity contribution < 1.29 is 35.3 Å². The number of hydrogen-bond acceptors (Lipinski definition) is 7. The number of fused-ring (bicyclic) bond motifs is 1. The molecule has 0 bridgehead atoms. The molecule has 0 unspecified atom stereocenters. The monoisotopic (exact) mass is 545 g/mol. The summed E-state index contributed by atoms with van der Waals surface area (Å²) in [5.74, 6) is -6.20. The standard InChI is InChI=1S/C24H15F4N5O4S/c1-11-18(6-13(25)7-29-11)38(35,36)10-12-2-5-17(26)19(20(12)27)15-3-4-16-22(21(15)28)32-33-23(16)24(34)31-14-8-30-37-9-14/h2-9H,10H2,1H3,(H,31,34)(H,32,33). The number of nitrogens with one attached hydrogen (secondary N) is 2. The molecule has 0 saturated heterocycles. The van der Waals surface area contributed by atoms with Crippen LogP contribution in [0.1, 0.15) is 21.7 Å². The fourth-order valence-corrected chi connectivity index (χ4v) is 5.50. The fourth-order valence-electron chi connectivity index (χ4n) is 3.91. The van der Waals surface area contributed by atoms with E-state index in [-0.39, 0.29) is 28.0 Å². The van der Waals surface area contributed by atoms with Crippen LogP contribution in [0, 0.1) is 30.2 Å². The normalized spacial score (nSPS) is 11.7. The minimum absolute atomic E-state index is 0.00644. The maximum atomic E-state index is 15.5. The molecule has 0 radical (unpaired) electrons. The molecule has 0 saturated carbocycles. The summed E-state index contributed by atoms with van der Waals surface area (Å²) in [5, 5.41) is 12.1. The zero-order chi connectivity index (χ0) is 27.2. The molecule has 5 aromatic rings. The molecule has 3 heterocycles. The topological polar surface area (TPSA) is 131 Å². The molecule has 9 nitrogen and oxygen atoms in total. The number of benzene rings is 2. The minimum Gasteiger partial charge on any atom is -0.363 e. The molecule has 0 aliphatic heterocycles. The van der Waals surface area contributed by atoms with Crippen LogP contribution in [-0.2, 0) is 15.6 Å². The van der Waals surface area contributed by atoms with Crippen LogP contribution in [-0.4, -0.2) is 34.7 Å². The molecule has 0 aliphatic rings. The molecule has 2 N–H and O–H groups in total. The fraction of sp³-hybridized carbons (Fsp3) is 0.0833. The van der Waals surface area contributed by atoms with Crippen molar-refractivity contribution in [2.24, 2.45) is 0 Å². The van der Waals surface area contributed by atoms with E-state index in [9.17, 15) is 22.0 Å². The molecule has 2 aromatic carbocycles. The number of nitrogens with zero attached hydrogens (tertiary/aromatic N) is 3. The lowest BCUT2D eigenvalue weighted by atomic mass is 9.99. The number of carbonyl (C=O) groups is 1. The number of rotatable bonds is 6. The van der Waals surface area contributed by atoms with Gasteiger partial charge in [0.2, 0.25) is 0 Å². The van der Waals surface area contributed by atoms with Crippen LogP contribution in [0.4, 0.5) is 23.2 Å². The van der Waals surface area contributed by atoms with Crippen LogP contribution < -0.4 is 5.32 Å². The number of pyridine rings is 1. The van der Waals surface area contributed by atoms with Gasteiger partial charge < -0.3 is 9.84 Å². The van der Waals surface area contributed by atoms with Crippen molar-refractivity contribution in [3.8, 4) is 11.1 Å². The van der Waals surface area contributed by atoms with Crippen molar-refractivity contribution in [1.82, 2.24) is 20.3 Å². The predicted molar refractivity (Wildman–Crippen MR) is 126 cm³/mol. The van der Waals surface area contributed by atoms with Crippen LogP contribution in [0.5, 0.6) is 0 Å². The second-order valence-corrected chi connectivity index (χ2v) is 10.1. The van der Waals surface area contributed by atoms with E-state index in [1.165, 1.54) is 25.5 Å². The average molecular weight is 545 g/mol. The van der Waals surface area contributed by atoms with E-state index in [4.69, 9.17) is 0 Å². The maximum Gasteiger partial charge on any atom is 0.274 e. The second kappa shape index (κ2) is 9.37. The van der Waals surface area contributed by atoms with Gasteiger partial charge in [-0.05, 0) is 25.1 Å². The summed E-state index contributed by atoms with van der Waals surface area (Å²) in [4.78, 5) is 15.7. The molecule has 38 heavy (non-hydrogen) atoms. The molecule has 14 heteroatoms. The van der Waals surface area contributed by atoms with E-state index in [0.29, 0.717) is 0 Å². The van der Waals surface area contributed by atoms with Crippen molar-refractivity contribution in [2.45, 2.75) is 17.6 Å². The Hall–Kier alpha value is -4.59. The third kappa shape index (κ3) is 4.38. The number of amides is 1. The van der Waals surface area contributed by atoms with Crippen molar-refractivity contribution in [3.63, 3.8) is 0 Å². The number of anilines is 1. The summed E-state index contributed by atoms with van der Waals surface area (Å²) in [6.07, 6.45) is 3.24. The van der Waals surface area contributed by atoms with Gasteiger partial charge in [0.25, 0.3) is 5.91 Å². The van der Waals surface area contributed by atoms with Gasteiger partial charge in [-0.1, -0.05) is 17.3 Å². The largest absolute Gasteiger partial charge is 0.363 e. The van der Waals surface area contributed by atoms with Gasteiger partial charge in [-0.25, -0.2) is 26.0 Å². The van der Waals surface area contributed by atoms with Crippen LogP contribution in [0.25, 0.3) is 22.0 Å². The molecule has 194 valence electrons. The Morgan fingerprint density at radius 1 is 1.08 bits per heavy atom. The molecule has 0 aliphatic carbocycles. The second-order valence-electron chi connectivity index (χ2n) is 8.18. The lowest BCUT2D eigenvalue weighted by Gasteiger charge is -2.12. The Bertz CT molecular complexity index is 1820. The zero-order valence-electron chi connectivity index (χ0n) is 19.2. The van der Waals surface area contributed by atoms with Gasteiger partial charge in [0, 0.05) is 16.5 Å². The van der Waals surface area contributed by atoms with Crippen LogP contribution in [0.15, 0.2) is 58.4 Å². The number of H-pyrrole nitrogens is 1. The molecule has 0 spiro atoms. The molecule has 3 aromatic heterocycles. The van der Waals surface area contributed by atoms with Gasteiger partial charge in [0.1, 0.15) is 40.6 Å². The summed E-state index contributed by atoms with van der Waals surface area (Å²) in [6, 6.07) is 4.74. The highest BCUT2D eigenvalue weighted by Crippen LogP contribution is 2.35. The third-order valence-corrected chi connectivity index (χ3v) is 7.48. The summed E-state index contributed by atoms with van der Waals surface area (Å²) in [5.41, 5.74) is -2.14. The Balaban J connectivity index is 1.54. The third-order valence-electron chi connectivity index (χ3n) is 5.71. The first-order valence-corrected chi connectivity index (χ1v) is 12.4. The van der Waals surface area contributed by atoms with E-state index >= 15 is 8.78 Å². The van der Waals surface area contributed by atoms with Gasteiger partial charge in [-0.2, -0.15) is 5.10 Å². The highest BCUT2D eigenvalue weighted by molar-refractivity contribution is 7.90. The Morgan fingerprint density at radius 2 is 1.87 bits per heavy atom. The van der Waals surface area contributed by atoms with Crippen LogP contribution in [0.2, 0.25) is 0 Å². The van der Waals surface area contributed by atoms with Crippen LogP contribution in [0.3, 0.4) is 0 Å². The Labute approximate surface area is 211 Å². The van der Waals surface area contributed by atoms with Crippen molar-refractivity contribution in [1.29, 1.82) is 0 Å². The number of sulfone groups is 1. The predicted octanol–water partition coefficient (Wildman–Crippen LogP) is 4.70. The first-order valence-electron chi connectivity index (χ1n) is 10.8. The lowest BCUT2D eigenvalue weighted by Crippen LogP contribution is -2.12. The number of carbonyl (C=O) groups excluding carboxylic acids is 1. The Kier molecular flexibility index (Phi) is 6.18. The maximum absolute atomic E-state index is 15.5. The zero-order valence-corrected chi connectivity index (χ0v) is 20.0. The molecule has 1 amide bonds. The summed E-state index contributed by atoms with van der Waals surface area (Å²) < 4.78 is 89.8. The lowest BCUT2D eigenvalue weighted by molar-refractivity contribution is 0.102. The van der Waals surface area contributed by atoms with E-state index < -0.39 is 66.4 Å². The molecular weight excluding hydrogens is 530 g/mol. The van der Waals surface area contributed by atoms with E-state index in [1.54, 1.807) is 0 Å². The van der Waals surface area contributed by atoms with Crippen molar-refractivity contribution in [2.75, 3.05) is 5.32 Å². The molecule has 0 atom stereocenters. The molecule has 5 rings (SSSR count). The smallest absolute Gasteiger partial charge is 0.274 e. The number of aromatic nitrogens is 4. The van der Waals surface area contributed by atoms with Gasteiger partial charge in [0.15, 0.2) is 15.7 Å². The SMILES string of the molecule is Cc1ncc(F)cc1S(=O)(=O)Cc1ccc(F)c(-c2ccc3c(C(=O)Nc4cnoc4)[nH]nc3c2F)c1F. The summed E-state index contributed by atoms with van der Waals surface area (Å²) >= 11 is 0. The van der Waals surface area contributed by atoms with Gasteiger partial charge >= 0.3 is 0 Å². The van der Waals surface area contributed by atoms with E-state index in [0.717, 1.165) is 30.5 Å². The van der Waals surface area contributed by atoms with E-state index in [1.807, 2.05) is 0 Å². The summed E-state index contributed by atoms with van der Waals surface area (Å²) in [6.45, 7) is 1.34. The number of hydrogen-bond donors (Lipinski definition) is 2. The first-order chi connectivity index (χ1) is 18.1. The average Bonchev–Trinajstić information content (AvgIpc) is 3.54. The highest BCUT2D eigenvalue weighted by Gasteiger charge is 2.27. The number of aromatic amines is 1. The van der Waals surface area contributed by atoms with Gasteiger partial charge in [0.05, 0.1) is 34.3 Å². The Morgan fingerprint density at radius 3 is 2.61 bits per heavy atom. The molecule has 0 fully saturated rings. The number of halogens is 4. The van der Waals surface area contributed by atoms with E-state index in [2.05, 4.69) is 30.2 Å². The van der Waals surface area contributed by atoms with Crippen LogP contribution >= 0.6 is 0 Å². The van der Waals surface area contributed by atoms with Crippen molar-refractivity contribution >= 4 is 32.3 Å². The van der Waals surface area contributed by atoms with Gasteiger partial charge in [-0.15, -0.1) is 0 Å². The highest BCUT2D eigenvalue weighted by atomic mass is 32.2. The molecular formula is C24H15F4N5O4S. The summed E-state index contributed by atoms with van der Waals surface area (Å²) in [7, 11) is -4.31. The number of aryl methyl sites for hydroxylation is 1. The van der Waals surface area contributed by atoms with Gasteiger partial charge in [-0.3, -0.25) is 14.9 Å². The van der Waals surface area contributed by atoms with Crippen molar-refractivity contribution in [3.05, 3.63) is 89.2 Å². The quantitative estimate of drug-likeness (QED) is 0.296. The first kappa shape index (κ1) is 25.1. The minimum atomic E-state index is -4.31.